The zero-order chi connectivity index (χ0) is 22.1. The van der Waals surface area contributed by atoms with E-state index in [4.69, 9.17) is 4.74 Å². The molecule has 7 heteroatoms. The summed E-state index contributed by atoms with van der Waals surface area (Å²) < 4.78 is 5.48. The van der Waals surface area contributed by atoms with Gasteiger partial charge in [-0.25, -0.2) is 4.99 Å². The minimum Gasteiger partial charge on any atom is -0.496 e. The lowest BCUT2D eigenvalue weighted by atomic mass is 10.1. The number of benzene rings is 1. The number of nitrogens with zero attached hydrogens (tertiary/aromatic N) is 3. The first-order valence-corrected chi connectivity index (χ1v) is 10.2. The molecule has 1 amide bonds. The molecule has 2 rings (SSSR count). The second-order valence-electron chi connectivity index (χ2n) is 7.32. The molecule has 1 aromatic carbocycles. The highest BCUT2D eigenvalue weighted by atomic mass is 16.5. The Kier molecular flexibility index (Phi) is 8.65. The van der Waals surface area contributed by atoms with Gasteiger partial charge in [-0.15, -0.1) is 0 Å². The van der Waals surface area contributed by atoms with E-state index < -0.39 is 0 Å². The number of ether oxygens (including phenoxy) is 1. The number of hydrogen-bond donors (Lipinski definition) is 2. The second kappa shape index (κ2) is 11.2. The Morgan fingerprint density at radius 1 is 1.23 bits per heavy atom. The topological polar surface area (TPSA) is 78.9 Å². The number of pyridine rings is 1. The Balaban J connectivity index is 2.01. The molecule has 0 aliphatic carbocycles. The summed E-state index contributed by atoms with van der Waals surface area (Å²) in [4.78, 5) is 22.9. The number of methoxy groups -OCH3 is 1. The fraction of sp³-hybridized carbons (Fsp3) is 0.435. The van der Waals surface area contributed by atoms with E-state index >= 15 is 0 Å². The van der Waals surface area contributed by atoms with Crippen molar-refractivity contribution in [3.63, 3.8) is 0 Å². The predicted octanol–water partition coefficient (Wildman–Crippen LogP) is 2.71. The molecule has 162 valence electrons. The summed E-state index contributed by atoms with van der Waals surface area (Å²) in [7, 11) is 5.20. The van der Waals surface area contributed by atoms with E-state index in [1.165, 1.54) is 0 Å². The fourth-order valence-electron chi connectivity index (χ4n) is 3.17. The number of hydrogen-bond acceptors (Lipinski definition) is 4. The van der Waals surface area contributed by atoms with Gasteiger partial charge in [0.15, 0.2) is 5.96 Å². The number of aryl methyl sites for hydroxylation is 1. The minimum atomic E-state index is 0.0103. The summed E-state index contributed by atoms with van der Waals surface area (Å²) in [6, 6.07) is 7.74. The Morgan fingerprint density at radius 2 is 2.00 bits per heavy atom. The zero-order valence-electron chi connectivity index (χ0n) is 18.9. The van der Waals surface area contributed by atoms with E-state index in [9.17, 15) is 4.79 Å². The van der Waals surface area contributed by atoms with Crippen molar-refractivity contribution in [2.45, 2.75) is 33.7 Å². The van der Waals surface area contributed by atoms with E-state index in [2.05, 4.69) is 20.6 Å². The number of carbonyl (C=O) groups is 1. The lowest BCUT2D eigenvalue weighted by Crippen LogP contribution is -2.38. The van der Waals surface area contributed by atoms with E-state index in [1.54, 1.807) is 26.1 Å². The summed E-state index contributed by atoms with van der Waals surface area (Å²) in [5, 5.41) is 6.62. The van der Waals surface area contributed by atoms with Gasteiger partial charge in [0.05, 0.1) is 19.3 Å². The lowest BCUT2D eigenvalue weighted by molar-refractivity contribution is 0.0827. The quantitative estimate of drug-likeness (QED) is 0.516. The van der Waals surface area contributed by atoms with Crippen molar-refractivity contribution in [1.82, 2.24) is 20.5 Å². The maximum absolute atomic E-state index is 12.1. The number of carbonyl (C=O) groups excluding carboxylic acids is 1. The highest BCUT2D eigenvalue weighted by Crippen LogP contribution is 2.24. The molecule has 0 spiro atoms. The second-order valence-corrected chi connectivity index (χ2v) is 7.32. The van der Waals surface area contributed by atoms with Crippen molar-refractivity contribution in [3.8, 4) is 5.75 Å². The molecule has 2 aromatic rings. The molecular weight excluding hydrogens is 378 g/mol. The van der Waals surface area contributed by atoms with Crippen molar-refractivity contribution in [3.05, 3.63) is 58.4 Å². The first kappa shape index (κ1) is 23.2. The van der Waals surface area contributed by atoms with Gasteiger partial charge in [0, 0.05) is 50.1 Å². The Hall–Kier alpha value is -3.09. The van der Waals surface area contributed by atoms with Crippen LogP contribution in [0.15, 0.2) is 35.5 Å². The summed E-state index contributed by atoms with van der Waals surface area (Å²) in [6.07, 6.45) is 2.60. The van der Waals surface area contributed by atoms with Gasteiger partial charge in [-0.1, -0.05) is 12.1 Å². The molecule has 0 atom stereocenters. The van der Waals surface area contributed by atoms with Crippen molar-refractivity contribution >= 4 is 11.9 Å². The van der Waals surface area contributed by atoms with Crippen LogP contribution in [0, 0.1) is 13.8 Å². The molecule has 0 radical (unpaired) electrons. The third-order valence-electron chi connectivity index (χ3n) is 4.77. The number of rotatable bonds is 8. The third kappa shape index (κ3) is 6.20. The van der Waals surface area contributed by atoms with Gasteiger partial charge >= 0.3 is 0 Å². The van der Waals surface area contributed by atoms with Gasteiger partial charge in [-0.3, -0.25) is 9.78 Å². The normalized spacial score (nSPS) is 11.2. The molecule has 0 fully saturated rings. The van der Waals surface area contributed by atoms with E-state index in [-0.39, 0.29) is 5.91 Å². The summed E-state index contributed by atoms with van der Waals surface area (Å²) in [5.41, 5.74) is 4.73. The average molecular weight is 412 g/mol. The van der Waals surface area contributed by atoms with Crippen molar-refractivity contribution < 1.29 is 9.53 Å². The molecule has 7 nitrogen and oxygen atoms in total. The lowest BCUT2D eigenvalue weighted by Gasteiger charge is -2.14. The van der Waals surface area contributed by atoms with E-state index in [0.29, 0.717) is 18.7 Å². The summed E-state index contributed by atoms with van der Waals surface area (Å²) in [6.45, 7) is 7.96. The van der Waals surface area contributed by atoms with Crippen LogP contribution in [0.1, 0.15) is 39.7 Å². The van der Waals surface area contributed by atoms with Crippen molar-refractivity contribution in [2.75, 3.05) is 34.3 Å². The fourth-order valence-corrected chi connectivity index (χ4v) is 3.17. The van der Waals surface area contributed by atoms with Crippen LogP contribution >= 0.6 is 0 Å². The van der Waals surface area contributed by atoms with Gasteiger partial charge in [-0.2, -0.15) is 0 Å². The number of aromatic nitrogens is 1. The first-order chi connectivity index (χ1) is 14.4. The molecule has 1 aromatic heterocycles. The molecule has 0 saturated heterocycles. The molecule has 2 N–H and O–H groups in total. The smallest absolute Gasteiger partial charge is 0.253 e. The van der Waals surface area contributed by atoms with Crippen LogP contribution in [0.25, 0.3) is 0 Å². The molecule has 0 aliphatic rings. The van der Waals surface area contributed by atoms with Crippen molar-refractivity contribution in [1.29, 1.82) is 0 Å². The molecule has 0 bridgehead atoms. The van der Waals surface area contributed by atoms with Crippen LogP contribution in [0.4, 0.5) is 0 Å². The highest BCUT2D eigenvalue weighted by Gasteiger charge is 2.10. The predicted molar refractivity (Wildman–Crippen MR) is 121 cm³/mol. The average Bonchev–Trinajstić information content (AvgIpc) is 2.73. The Labute approximate surface area is 179 Å². The van der Waals surface area contributed by atoms with Crippen LogP contribution in [0.5, 0.6) is 5.75 Å². The largest absolute Gasteiger partial charge is 0.496 e. The molecular formula is C23H33N5O2. The Morgan fingerprint density at radius 3 is 2.67 bits per heavy atom. The maximum Gasteiger partial charge on any atom is 0.253 e. The number of nitrogens with one attached hydrogen (secondary N) is 2. The van der Waals surface area contributed by atoms with Crippen LogP contribution in [-0.4, -0.2) is 56.0 Å². The van der Waals surface area contributed by atoms with Crippen molar-refractivity contribution in [2.24, 2.45) is 4.99 Å². The van der Waals surface area contributed by atoms with Crippen LogP contribution in [0.2, 0.25) is 0 Å². The van der Waals surface area contributed by atoms with Gasteiger partial charge in [0.1, 0.15) is 5.75 Å². The number of guanidine groups is 1. The maximum atomic E-state index is 12.1. The monoisotopic (exact) mass is 411 g/mol. The third-order valence-corrected chi connectivity index (χ3v) is 4.77. The Bertz CT molecular complexity index is 893. The molecule has 1 heterocycles. The van der Waals surface area contributed by atoms with Crippen LogP contribution in [-0.2, 0) is 13.0 Å². The highest BCUT2D eigenvalue weighted by molar-refractivity contribution is 5.94. The first-order valence-electron chi connectivity index (χ1n) is 10.2. The minimum absolute atomic E-state index is 0.0103. The SMILES string of the molecule is CCNC(=NCc1ncc(C)c(OC)c1C)NCCc1cccc(C(=O)N(C)C)c1. The van der Waals surface area contributed by atoms with Gasteiger partial charge < -0.3 is 20.3 Å². The summed E-state index contributed by atoms with van der Waals surface area (Å²) in [5.74, 6) is 1.61. The van der Waals surface area contributed by atoms with Gasteiger partial charge in [0.2, 0.25) is 0 Å². The molecule has 30 heavy (non-hydrogen) atoms. The number of amides is 1. The van der Waals surface area contributed by atoms with Gasteiger partial charge in [0.25, 0.3) is 5.91 Å². The van der Waals surface area contributed by atoms with Gasteiger partial charge in [-0.05, 0) is 44.9 Å². The zero-order valence-corrected chi connectivity index (χ0v) is 18.9. The summed E-state index contributed by atoms with van der Waals surface area (Å²) >= 11 is 0. The van der Waals surface area contributed by atoms with E-state index in [0.717, 1.165) is 47.1 Å². The van der Waals surface area contributed by atoms with E-state index in [1.807, 2.05) is 51.2 Å². The molecule has 0 saturated carbocycles. The van der Waals surface area contributed by atoms with Crippen LogP contribution < -0.4 is 15.4 Å². The van der Waals surface area contributed by atoms with Crippen LogP contribution in [0.3, 0.4) is 0 Å². The molecule has 0 aliphatic heterocycles. The molecule has 0 unspecified atom stereocenters. The number of aliphatic imine (C=N–C) groups is 1. The standard InChI is InChI=1S/C23H33N5O2/c1-7-24-23(27-15-20-17(3)21(30-6)16(2)14-26-20)25-12-11-18-9-8-10-19(13-18)22(29)28(4)5/h8-10,13-14H,7,11-12,15H2,1-6H3,(H2,24,25,27).